The first-order valence-electron chi connectivity index (χ1n) is 12.9. The van der Waals surface area contributed by atoms with Crippen LogP contribution in [0.25, 0.3) is 22.7 Å². The molecule has 0 saturated heterocycles. The molecule has 2 unspecified atom stereocenters. The number of aromatic nitrogens is 5. The molecular formula is C27H29F3N6O3. The van der Waals surface area contributed by atoms with Crippen molar-refractivity contribution in [3.63, 3.8) is 0 Å². The van der Waals surface area contributed by atoms with Crippen molar-refractivity contribution in [3.8, 4) is 11.5 Å². The predicted octanol–water partition coefficient (Wildman–Crippen LogP) is 5.31. The second-order valence-corrected chi connectivity index (χ2v) is 10.2. The Labute approximate surface area is 222 Å². The van der Waals surface area contributed by atoms with Gasteiger partial charge in [0.2, 0.25) is 5.82 Å². The minimum absolute atomic E-state index is 0.00308. The van der Waals surface area contributed by atoms with Crippen LogP contribution in [0.4, 0.5) is 19.0 Å². The number of hydrogen-bond donors (Lipinski definition) is 3. The Morgan fingerprint density at radius 1 is 1.23 bits per heavy atom. The van der Waals surface area contributed by atoms with Crippen LogP contribution in [0.2, 0.25) is 0 Å². The van der Waals surface area contributed by atoms with Crippen LogP contribution in [0.15, 0.2) is 42.1 Å². The van der Waals surface area contributed by atoms with Gasteiger partial charge in [0.05, 0.1) is 12.0 Å². The van der Waals surface area contributed by atoms with Gasteiger partial charge in [0.25, 0.3) is 0 Å². The zero-order valence-corrected chi connectivity index (χ0v) is 21.5. The van der Waals surface area contributed by atoms with E-state index in [2.05, 4.69) is 25.3 Å². The number of aromatic carboxylic acids is 1. The third kappa shape index (κ3) is 5.51. The molecule has 0 aliphatic heterocycles. The highest BCUT2D eigenvalue weighted by Crippen LogP contribution is 2.36. The lowest BCUT2D eigenvalue weighted by Gasteiger charge is -2.32. The number of allylic oxidation sites excluding steroid dienone is 4. The number of aliphatic hydroxyl groups is 1. The predicted molar refractivity (Wildman–Crippen MR) is 138 cm³/mol. The maximum absolute atomic E-state index is 13.2. The molecule has 1 fully saturated rings. The summed E-state index contributed by atoms with van der Waals surface area (Å²) >= 11 is 0. The second kappa shape index (κ2) is 10.4. The van der Waals surface area contributed by atoms with Crippen LogP contribution < -0.4 is 5.32 Å². The molecule has 2 aliphatic rings. The van der Waals surface area contributed by atoms with Gasteiger partial charge in [0.1, 0.15) is 11.2 Å². The third-order valence-electron chi connectivity index (χ3n) is 7.45. The van der Waals surface area contributed by atoms with E-state index in [9.17, 15) is 28.2 Å². The van der Waals surface area contributed by atoms with Gasteiger partial charge in [-0.3, -0.25) is 4.98 Å². The maximum Gasteiger partial charge on any atom is 0.395 e. The number of alkyl halides is 3. The quantitative estimate of drug-likeness (QED) is 0.350. The second-order valence-electron chi connectivity index (χ2n) is 10.2. The Balaban J connectivity index is 1.65. The summed E-state index contributed by atoms with van der Waals surface area (Å²) in [5, 5.41) is 23.1. The average molecular weight is 543 g/mol. The highest BCUT2D eigenvalue weighted by Gasteiger charge is 2.38. The summed E-state index contributed by atoms with van der Waals surface area (Å²) in [4.78, 5) is 29.4. The van der Waals surface area contributed by atoms with Crippen LogP contribution >= 0.6 is 0 Å². The summed E-state index contributed by atoms with van der Waals surface area (Å²) in [7, 11) is 0. The minimum Gasteiger partial charge on any atom is -0.475 e. The fraction of sp³-hybridized carbons (Fsp3) is 0.444. The Morgan fingerprint density at radius 2 is 2.00 bits per heavy atom. The summed E-state index contributed by atoms with van der Waals surface area (Å²) in [5.74, 6) is -2.25. The van der Waals surface area contributed by atoms with E-state index in [-0.39, 0.29) is 30.5 Å². The van der Waals surface area contributed by atoms with Gasteiger partial charge < -0.3 is 20.1 Å². The molecule has 3 aromatic heterocycles. The van der Waals surface area contributed by atoms with Crippen LogP contribution in [-0.2, 0) is 6.54 Å². The number of carbonyl (C=O) groups is 1. The molecule has 3 N–H and O–H groups in total. The van der Waals surface area contributed by atoms with Crippen LogP contribution in [0, 0.1) is 11.8 Å². The van der Waals surface area contributed by atoms with E-state index in [1.807, 2.05) is 6.92 Å². The maximum atomic E-state index is 13.2. The van der Waals surface area contributed by atoms with Gasteiger partial charge in [0.15, 0.2) is 17.3 Å². The molecule has 0 aromatic carbocycles. The smallest absolute Gasteiger partial charge is 0.395 e. The molecular weight excluding hydrogens is 513 g/mol. The summed E-state index contributed by atoms with van der Waals surface area (Å²) in [5.41, 5.74) is 2.17. The first kappa shape index (κ1) is 26.8. The number of carboxylic acids is 1. The molecule has 1 saturated carbocycles. The number of nitrogens with zero attached hydrogens (tertiary/aromatic N) is 5. The SMILES string of the molecule is CC(O)c1ccnc(-c2nc3nc(C(=O)O)nc(N[C@H](C)C4CCC4)c3n2CC2=CCC(C(F)(F)F)C=C2)c1. The van der Waals surface area contributed by atoms with Crippen molar-refractivity contribution in [2.75, 3.05) is 5.32 Å². The van der Waals surface area contributed by atoms with Gasteiger partial charge >= 0.3 is 12.1 Å². The number of pyridine rings is 1. The number of hydrogen-bond acceptors (Lipinski definition) is 7. The van der Waals surface area contributed by atoms with Crippen molar-refractivity contribution in [3.05, 3.63) is 53.5 Å². The summed E-state index contributed by atoms with van der Waals surface area (Å²) < 4.78 is 41.4. The summed E-state index contributed by atoms with van der Waals surface area (Å²) in [6, 6.07) is 3.34. The van der Waals surface area contributed by atoms with Crippen molar-refractivity contribution in [1.29, 1.82) is 0 Å². The number of fused-ring (bicyclic) bond motifs is 1. The molecule has 5 rings (SSSR count). The number of imidazole rings is 1. The lowest BCUT2D eigenvalue weighted by Crippen LogP contribution is -2.31. The molecule has 206 valence electrons. The number of halogens is 3. The van der Waals surface area contributed by atoms with Crippen molar-refractivity contribution in [1.82, 2.24) is 24.5 Å². The normalized spacial score (nSPS) is 19.4. The molecule has 2 aliphatic carbocycles. The zero-order chi connectivity index (χ0) is 27.9. The molecule has 3 atom stereocenters. The van der Waals surface area contributed by atoms with Gasteiger partial charge in [-0.1, -0.05) is 24.6 Å². The number of nitrogens with one attached hydrogen (secondary N) is 1. The first-order chi connectivity index (χ1) is 18.5. The number of carboxylic acid groups (broad SMARTS) is 1. The van der Waals surface area contributed by atoms with Crippen LogP contribution in [0.5, 0.6) is 0 Å². The fourth-order valence-electron chi connectivity index (χ4n) is 4.89. The number of anilines is 1. The molecule has 3 heterocycles. The van der Waals surface area contributed by atoms with Gasteiger partial charge in [0, 0.05) is 18.8 Å². The van der Waals surface area contributed by atoms with Crippen LogP contribution in [0.3, 0.4) is 0 Å². The lowest BCUT2D eigenvalue weighted by atomic mass is 9.80. The van der Waals surface area contributed by atoms with E-state index in [4.69, 9.17) is 0 Å². The van der Waals surface area contributed by atoms with E-state index in [0.717, 1.165) is 25.3 Å². The Morgan fingerprint density at radius 3 is 2.59 bits per heavy atom. The van der Waals surface area contributed by atoms with E-state index < -0.39 is 30.0 Å². The van der Waals surface area contributed by atoms with Gasteiger partial charge in [-0.2, -0.15) is 13.2 Å². The van der Waals surface area contributed by atoms with Crippen molar-refractivity contribution in [2.24, 2.45) is 11.8 Å². The lowest BCUT2D eigenvalue weighted by molar-refractivity contribution is -0.160. The zero-order valence-electron chi connectivity index (χ0n) is 21.5. The molecule has 0 amide bonds. The topological polar surface area (TPSA) is 126 Å². The molecule has 39 heavy (non-hydrogen) atoms. The van der Waals surface area contributed by atoms with Crippen LogP contribution in [-0.4, -0.2) is 52.9 Å². The van der Waals surface area contributed by atoms with E-state index in [0.29, 0.717) is 34.1 Å². The Kier molecular flexibility index (Phi) is 7.15. The molecule has 0 radical (unpaired) electrons. The average Bonchev–Trinajstić information content (AvgIpc) is 3.21. The van der Waals surface area contributed by atoms with Crippen molar-refractivity contribution >= 4 is 23.0 Å². The van der Waals surface area contributed by atoms with Crippen molar-refractivity contribution in [2.45, 2.75) is 64.4 Å². The van der Waals surface area contributed by atoms with Gasteiger partial charge in [-0.25, -0.2) is 19.7 Å². The number of rotatable bonds is 8. The van der Waals surface area contributed by atoms with Gasteiger partial charge in [-0.15, -0.1) is 0 Å². The fourth-order valence-corrected chi connectivity index (χ4v) is 4.89. The Bertz CT molecular complexity index is 1460. The standard InChI is InChI=1S/C27H29F3N6O3/c1-14(17-4-3-5-17)32-22-21-23(34-24(33-22)26(38)39)35-25(20-12-18(15(2)37)10-11-31-20)36(21)13-16-6-8-19(9-7-16)27(28,29)30/h6-8,10-12,14-15,17,19,37H,3-5,9,13H2,1-2H3,(H,38,39)(H,32,33,34)/t14-,15?,19?/m1/s1. The molecule has 0 spiro atoms. The van der Waals surface area contributed by atoms with Crippen LogP contribution in [0.1, 0.15) is 61.8 Å². The monoisotopic (exact) mass is 542 g/mol. The molecule has 12 heteroatoms. The van der Waals surface area contributed by atoms with Gasteiger partial charge in [-0.05, 0) is 62.3 Å². The highest BCUT2D eigenvalue weighted by molar-refractivity contribution is 5.92. The third-order valence-corrected chi connectivity index (χ3v) is 7.45. The molecule has 0 bridgehead atoms. The first-order valence-corrected chi connectivity index (χ1v) is 12.9. The molecule has 3 aromatic rings. The Hall–Kier alpha value is -3.80. The largest absolute Gasteiger partial charge is 0.475 e. The number of aliphatic hydroxyl groups excluding tert-OH is 1. The molecule has 9 nitrogen and oxygen atoms in total. The highest BCUT2D eigenvalue weighted by atomic mass is 19.4. The van der Waals surface area contributed by atoms with E-state index in [1.54, 1.807) is 29.7 Å². The van der Waals surface area contributed by atoms with E-state index in [1.165, 1.54) is 12.3 Å². The minimum atomic E-state index is -4.33. The van der Waals surface area contributed by atoms with E-state index >= 15 is 0 Å². The summed E-state index contributed by atoms with van der Waals surface area (Å²) in [6.45, 7) is 3.76. The van der Waals surface area contributed by atoms with Crippen molar-refractivity contribution < 1.29 is 28.2 Å². The summed E-state index contributed by atoms with van der Waals surface area (Å²) in [6.07, 6.45) is 3.62.